The summed E-state index contributed by atoms with van der Waals surface area (Å²) in [6.07, 6.45) is 8.35. The number of amides is 4. The lowest BCUT2D eigenvalue weighted by Gasteiger charge is -2.13. The van der Waals surface area contributed by atoms with Gasteiger partial charge in [-0.25, -0.2) is 4.99 Å². The van der Waals surface area contributed by atoms with Gasteiger partial charge in [0.15, 0.2) is 0 Å². The summed E-state index contributed by atoms with van der Waals surface area (Å²) in [4.78, 5) is 57.0. The highest BCUT2D eigenvalue weighted by Crippen LogP contribution is 2.29. The van der Waals surface area contributed by atoms with E-state index >= 15 is 0 Å². The molecular weight excluding hydrogens is 853 g/mol. The van der Waals surface area contributed by atoms with E-state index in [0.29, 0.717) is 156 Å². The fraction of sp³-hybridized carbons (Fsp3) is 0.605. The second kappa shape index (κ2) is 32.6. The Kier molecular flexibility index (Phi) is 26.4. The molecule has 0 aliphatic carbocycles. The molecule has 22 heteroatoms. The zero-order chi connectivity index (χ0) is 46.2. The van der Waals surface area contributed by atoms with E-state index in [1.54, 1.807) is 17.1 Å². The number of hydrogen-bond donors (Lipinski definition) is 3. The number of hydrogen-bond acceptors (Lipinski definition) is 18. The third kappa shape index (κ3) is 23.1. The van der Waals surface area contributed by atoms with Crippen molar-refractivity contribution in [1.29, 1.82) is 0 Å². The fourth-order valence-corrected chi connectivity index (χ4v) is 5.77. The van der Waals surface area contributed by atoms with Crippen LogP contribution in [0.4, 0.5) is 5.69 Å². The van der Waals surface area contributed by atoms with Crippen molar-refractivity contribution in [3.63, 3.8) is 0 Å². The molecule has 360 valence electrons. The summed E-state index contributed by atoms with van der Waals surface area (Å²) in [6, 6.07) is 3.73. The molecule has 0 aromatic carbocycles. The van der Waals surface area contributed by atoms with Crippen LogP contribution < -0.4 is 16.4 Å². The maximum Gasteiger partial charge on any atom is 0.254 e. The van der Waals surface area contributed by atoms with Crippen LogP contribution >= 0.6 is 0 Å². The van der Waals surface area contributed by atoms with E-state index in [1.165, 1.54) is 0 Å². The Balaban J connectivity index is 0.794. The first-order valence-corrected chi connectivity index (χ1v) is 21.7. The van der Waals surface area contributed by atoms with Crippen molar-refractivity contribution < 1.29 is 66.5 Å². The maximum atomic E-state index is 12.4. The standard InChI is InChI=1S/C43H64N8O14/c1-34-28-37-38(48-39(44)29-34)30-35(31-47-37)36-4-7-50(49-36)32-40(52)45-5-8-56-10-12-58-14-16-60-18-20-62-22-24-64-26-27-65-25-23-63-21-19-61-17-15-59-13-11-57-9-6-46-41(53)33-51-42(54)2-3-43(51)55/h2-4,7,28,30-31H,5-6,8-27,29,32-33H2,1H3,(H2,44,48)(H,45,52)(H,46,53). The Hall–Kier alpha value is -5.01. The van der Waals surface area contributed by atoms with Crippen molar-refractivity contribution in [3.8, 4) is 11.3 Å². The van der Waals surface area contributed by atoms with Gasteiger partial charge in [0.1, 0.15) is 18.9 Å². The molecule has 4 rings (SSSR count). The minimum Gasteiger partial charge on any atom is -0.387 e. The summed E-state index contributed by atoms with van der Waals surface area (Å²) in [5.74, 6) is -1.06. The predicted molar refractivity (Wildman–Crippen MR) is 235 cm³/mol. The highest BCUT2D eigenvalue weighted by atomic mass is 16.6. The number of fused-ring (bicyclic) bond motifs is 1. The van der Waals surface area contributed by atoms with Crippen molar-refractivity contribution in [2.75, 3.05) is 152 Å². The summed E-state index contributed by atoms with van der Waals surface area (Å²) in [6.45, 7) is 10.8. The zero-order valence-corrected chi connectivity index (χ0v) is 37.2. The lowest BCUT2D eigenvalue weighted by molar-refractivity contribution is -0.141. The quantitative estimate of drug-likeness (QED) is 0.0595. The molecule has 4 amide bonds. The molecule has 0 saturated carbocycles. The molecule has 0 spiro atoms. The third-order valence-corrected chi connectivity index (χ3v) is 8.93. The second-order valence-corrected chi connectivity index (χ2v) is 14.2. The van der Waals surface area contributed by atoms with Crippen LogP contribution in [0.15, 0.2) is 47.2 Å². The van der Waals surface area contributed by atoms with E-state index in [-0.39, 0.29) is 32.1 Å². The van der Waals surface area contributed by atoms with E-state index in [1.807, 2.05) is 25.1 Å². The molecule has 4 N–H and O–H groups in total. The van der Waals surface area contributed by atoms with Crippen molar-refractivity contribution in [1.82, 2.24) is 30.3 Å². The Morgan fingerprint density at radius 3 is 1.49 bits per heavy atom. The molecule has 2 aromatic heterocycles. The number of carbonyl (C=O) groups is 4. The van der Waals surface area contributed by atoms with E-state index in [2.05, 4.69) is 25.7 Å². The molecule has 22 nitrogen and oxygen atoms in total. The molecule has 2 aromatic rings. The van der Waals surface area contributed by atoms with Crippen LogP contribution in [0.3, 0.4) is 0 Å². The first kappa shape index (κ1) is 52.6. The van der Waals surface area contributed by atoms with E-state index in [0.717, 1.165) is 33.9 Å². The average Bonchev–Trinajstić information content (AvgIpc) is 3.84. The Morgan fingerprint density at radius 1 is 0.631 bits per heavy atom. The largest absolute Gasteiger partial charge is 0.387 e. The first-order valence-electron chi connectivity index (χ1n) is 21.7. The van der Waals surface area contributed by atoms with Crippen LogP contribution in [0.5, 0.6) is 0 Å². The van der Waals surface area contributed by atoms with Crippen LogP contribution in [-0.2, 0) is 73.1 Å². The van der Waals surface area contributed by atoms with Crippen molar-refractivity contribution in [3.05, 3.63) is 47.9 Å². The molecule has 65 heavy (non-hydrogen) atoms. The van der Waals surface area contributed by atoms with Crippen molar-refractivity contribution in [2.45, 2.75) is 19.9 Å². The maximum absolute atomic E-state index is 12.4. The molecular formula is C43H64N8O14. The number of aliphatic imine (C=N–C) groups is 1. The topological polar surface area (TPSA) is 257 Å². The number of ether oxygens (including phenoxy) is 10. The molecule has 0 saturated heterocycles. The van der Waals surface area contributed by atoms with Gasteiger partial charge in [0.25, 0.3) is 11.8 Å². The summed E-state index contributed by atoms with van der Waals surface area (Å²) in [7, 11) is 0. The Morgan fingerprint density at radius 2 is 1.05 bits per heavy atom. The number of carbonyl (C=O) groups excluding carboxylic acids is 4. The fourth-order valence-electron chi connectivity index (χ4n) is 5.77. The van der Waals surface area contributed by atoms with Gasteiger partial charge in [0.2, 0.25) is 11.8 Å². The molecule has 0 bridgehead atoms. The van der Waals surface area contributed by atoms with Crippen LogP contribution in [0.25, 0.3) is 17.3 Å². The summed E-state index contributed by atoms with van der Waals surface area (Å²) in [5, 5.41) is 9.94. The minimum atomic E-state index is -0.497. The number of aromatic nitrogens is 3. The SMILES string of the molecule is CC1=Cc2ncc(-c3ccn(CC(=O)NCCOCCOCCOCCOCCOCCOCCOCCOCCOCCOCCNC(=O)CN4C(=O)C=CC4=O)n3)cc2N=C(N)C1. The van der Waals surface area contributed by atoms with Gasteiger partial charge in [0, 0.05) is 49.6 Å². The third-order valence-electron chi connectivity index (χ3n) is 8.93. The molecule has 2 aliphatic heterocycles. The van der Waals surface area contributed by atoms with Gasteiger partial charge < -0.3 is 63.7 Å². The lowest BCUT2D eigenvalue weighted by Crippen LogP contribution is -2.41. The Bertz CT molecular complexity index is 1810. The number of amidine groups is 1. The number of imide groups is 1. The average molecular weight is 917 g/mol. The molecule has 0 fully saturated rings. The van der Waals surface area contributed by atoms with Crippen molar-refractivity contribution in [2.24, 2.45) is 10.7 Å². The zero-order valence-electron chi connectivity index (χ0n) is 37.2. The van der Waals surface area contributed by atoms with Crippen LogP contribution in [0.2, 0.25) is 0 Å². The van der Waals surface area contributed by atoms with E-state index in [9.17, 15) is 19.2 Å². The van der Waals surface area contributed by atoms with E-state index in [4.69, 9.17) is 53.1 Å². The van der Waals surface area contributed by atoms with Gasteiger partial charge >= 0.3 is 0 Å². The number of pyridine rings is 1. The Labute approximate surface area is 379 Å². The second-order valence-electron chi connectivity index (χ2n) is 14.2. The number of rotatable bonds is 38. The smallest absolute Gasteiger partial charge is 0.254 e. The van der Waals surface area contributed by atoms with E-state index < -0.39 is 17.7 Å². The van der Waals surface area contributed by atoms with Gasteiger partial charge in [-0.2, -0.15) is 5.10 Å². The van der Waals surface area contributed by atoms with Crippen LogP contribution in [-0.4, -0.2) is 201 Å². The van der Waals surface area contributed by atoms with Crippen LogP contribution in [0, 0.1) is 0 Å². The predicted octanol–water partition coefficient (Wildman–Crippen LogP) is 0.0642. The highest BCUT2D eigenvalue weighted by molar-refractivity contribution is 6.14. The monoisotopic (exact) mass is 916 g/mol. The lowest BCUT2D eigenvalue weighted by atomic mass is 10.1. The summed E-state index contributed by atoms with van der Waals surface area (Å²) >= 11 is 0. The summed E-state index contributed by atoms with van der Waals surface area (Å²) in [5.41, 5.74) is 10.1. The summed E-state index contributed by atoms with van der Waals surface area (Å²) < 4.78 is 56.4. The van der Waals surface area contributed by atoms with Crippen LogP contribution in [0.1, 0.15) is 19.0 Å². The molecule has 0 atom stereocenters. The molecule has 0 radical (unpaired) electrons. The van der Waals surface area contributed by atoms with Crippen molar-refractivity contribution >= 4 is 41.2 Å². The number of nitrogens with two attached hydrogens (primary N) is 1. The van der Waals surface area contributed by atoms with Gasteiger partial charge in [-0.15, -0.1) is 0 Å². The molecule has 2 aliphatic rings. The molecule has 0 unspecified atom stereocenters. The first-order chi connectivity index (χ1) is 31.8. The molecule has 4 heterocycles. The minimum absolute atomic E-state index is 0.0773. The van der Waals surface area contributed by atoms with Gasteiger partial charge in [-0.05, 0) is 25.1 Å². The number of nitrogens with one attached hydrogen (secondary N) is 2. The van der Waals surface area contributed by atoms with Gasteiger partial charge in [0.05, 0.1) is 149 Å². The number of nitrogens with zero attached hydrogens (tertiary/aromatic N) is 5. The van der Waals surface area contributed by atoms with Gasteiger partial charge in [-0.1, -0.05) is 5.57 Å². The normalized spacial score (nSPS) is 13.5. The highest BCUT2D eigenvalue weighted by Gasteiger charge is 2.25. The van der Waals surface area contributed by atoms with Gasteiger partial charge in [-0.3, -0.25) is 33.7 Å².